The molecule has 3 nitrogen and oxygen atoms in total. The third-order valence-electron chi connectivity index (χ3n) is 3.47. The van der Waals surface area contributed by atoms with Gasteiger partial charge < -0.3 is 0 Å². The maximum absolute atomic E-state index is 11.2. The number of nitro groups is 1. The number of hydrogen-bond acceptors (Lipinski definition) is 2. The summed E-state index contributed by atoms with van der Waals surface area (Å²) in [4.78, 5) is 11.0. The molecule has 0 N–H and O–H groups in total. The van der Waals surface area contributed by atoms with Crippen molar-refractivity contribution >= 4 is 37.5 Å². The molecule has 2 bridgehead atoms. The molecule has 20 heavy (non-hydrogen) atoms. The topological polar surface area (TPSA) is 43.1 Å². The molecule has 0 aromatic heterocycles. The smallest absolute Gasteiger partial charge is 0.258 e. The van der Waals surface area contributed by atoms with E-state index in [0.717, 1.165) is 39.3 Å². The molecule has 1 aromatic rings. The molecule has 2 aliphatic rings. The molecule has 0 radical (unpaired) electrons. The van der Waals surface area contributed by atoms with E-state index in [9.17, 15) is 10.1 Å². The third kappa shape index (κ3) is 3.58. The largest absolute Gasteiger partial charge is 0.272 e. The van der Waals surface area contributed by atoms with Gasteiger partial charge in [-0.3, -0.25) is 10.1 Å². The number of nitro benzene ring substituents is 1. The van der Waals surface area contributed by atoms with Gasteiger partial charge in [0.25, 0.3) is 5.69 Å². The fourth-order valence-electron chi connectivity index (χ4n) is 2.22. The molecule has 5 heteroatoms. The van der Waals surface area contributed by atoms with Crippen molar-refractivity contribution in [3.8, 4) is 0 Å². The Bertz CT molecular complexity index is 606. The summed E-state index contributed by atoms with van der Waals surface area (Å²) in [7, 11) is 0. The van der Waals surface area contributed by atoms with Gasteiger partial charge in [0.15, 0.2) is 0 Å². The normalized spacial score (nSPS) is 21.1. The fraction of sp³-hybridized carbons (Fsp3) is 0.333. The second-order valence-electron chi connectivity index (χ2n) is 4.90. The molecule has 0 spiro atoms. The standard InChI is InChI=1S/C15H15Br2NO2/c1-10-6-7-12-8-14(17)11(9-15(12)18(19)20)4-2-3-5-13(10)16/h3,5,8-9H,2,4,6-7H2,1H3/b5-3+,13-10-. The van der Waals surface area contributed by atoms with Crippen LogP contribution in [0.15, 0.2) is 38.8 Å². The lowest BCUT2D eigenvalue weighted by Gasteiger charge is -2.10. The molecule has 0 atom stereocenters. The average Bonchev–Trinajstić information content (AvgIpc) is 2.40. The van der Waals surface area contributed by atoms with Crippen molar-refractivity contribution in [1.29, 1.82) is 0 Å². The van der Waals surface area contributed by atoms with Gasteiger partial charge in [-0.1, -0.05) is 49.6 Å². The maximum Gasteiger partial charge on any atom is 0.272 e. The zero-order valence-corrected chi connectivity index (χ0v) is 14.3. The summed E-state index contributed by atoms with van der Waals surface area (Å²) < 4.78 is 2.04. The van der Waals surface area contributed by atoms with Crippen molar-refractivity contribution in [2.75, 3.05) is 0 Å². The van der Waals surface area contributed by atoms with E-state index in [2.05, 4.69) is 50.9 Å². The van der Waals surface area contributed by atoms with Crippen LogP contribution in [0.2, 0.25) is 0 Å². The summed E-state index contributed by atoms with van der Waals surface area (Å²) in [5.74, 6) is 0. The number of halogens is 2. The van der Waals surface area contributed by atoms with E-state index in [0.29, 0.717) is 6.42 Å². The van der Waals surface area contributed by atoms with Gasteiger partial charge in [0.1, 0.15) is 0 Å². The Hall–Kier alpha value is -0.940. The quantitative estimate of drug-likeness (QED) is 0.463. The molecule has 0 amide bonds. The Morgan fingerprint density at radius 2 is 1.90 bits per heavy atom. The molecule has 0 saturated carbocycles. The lowest BCUT2D eigenvalue weighted by atomic mass is 9.99. The minimum Gasteiger partial charge on any atom is -0.258 e. The highest BCUT2D eigenvalue weighted by Crippen LogP contribution is 2.31. The van der Waals surface area contributed by atoms with Crippen LogP contribution in [0.4, 0.5) is 5.69 Å². The summed E-state index contributed by atoms with van der Waals surface area (Å²) in [6.07, 6.45) is 7.30. The van der Waals surface area contributed by atoms with Gasteiger partial charge in [-0.25, -0.2) is 0 Å². The zero-order valence-electron chi connectivity index (χ0n) is 11.2. The average molecular weight is 401 g/mol. The van der Waals surface area contributed by atoms with Crippen LogP contribution in [0.1, 0.15) is 30.9 Å². The molecule has 0 fully saturated rings. The van der Waals surface area contributed by atoms with E-state index < -0.39 is 0 Å². The highest BCUT2D eigenvalue weighted by atomic mass is 79.9. The van der Waals surface area contributed by atoms with Gasteiger partial charge in [-0.2, -0.15) is 0 Å². The maximum atomic E-state index is 11.2. The molecule has 0 unspecified atom stereocenters. The molecular weight excluding hydrogens is 386 g/mol. The van der Waals surface area contributed by atoms with Crippen molar-refractivity contribution in [2.24, 2.45) is 0 Å². The van der Waals surface area contributed by atoms with E-state index in [1.807, 2.05) is 6.07 Å². The van der Waals surface area contributed by atoms with Crippen LogP contribution in [0, 0.1) is 10.1 Å². The minimum atomic E-state index is -0.277. The molecular formula is C15H15Br2NO2. The van der Waals surface area contributed by atoms with Crippen LogP contribution in [0.3, 0.4) is 0 Å². The second-order valence-corrected chi connectivity index (χ2v) is 6.61. The number of hydrogen-bond donors (Lipinski definition) is 0. The highest BCUT2D eigenvalue weighted by Gasteiger charge is 2.17. The number of fused-ring (bicyclic) bond motifs is 7. The van der Waals surface area contributed by atoms with Gasteiger partial charge in [-0.05, 0) is 44.2 Å². The summed E-state index contributed by atoms with van der Waals surface area (Å²) in [5, 5.41) is 11.2. The van der Waals surface area contributed by atoms with E-state index >= 15 is 0 Å². The van der Waals surface area contributed by atoms with Gasteiger partial charge >= 0.3 is 0 Å². The molecule has 0 saturated heterocycles. The van der Waals surface area contributed by atoms with Gasteiger partial charge in [0.05, 0.1) is 4.92 Å². The fourth-order valence-corrected chi connectivity index (χ4v) is 3.19. The Kier molecular flexibility index (Phi) is 5.16. The van der Waals surface area contributed by atoms with Crippen LogP contribution in [0.25, 0.3) is 0 Å². The lowest BCUT2D eigenvalue weighted by molar-refractivity contribution is -0.385. The highest BCUT2D eigenvalue weighted by molar-refractivity contribution is 9.12. The molecule has 1 aromatic carbocycles. The van der Waals surface area contributed by atoms with E-state index in [4.69, 9.17) is 0 Å². The molecule has 0 aliphatic heterocycles. The van der Waals surface area contributed by atoms with Crippen molar-refractivity contribution in [2.45, 2.75) is 32.6 Å². The van der Waals surface area contributed by atoms with Crippen LogP contribution in [-0.2, 0) is 12.8 Å². The van der Waals surface area contributed by atoms with Crippen LogP contribution in [-0.4, -0.2) is 4.92 Å². The van der Waals surface area contributed by atoms with Gasteiger partial charge in [0, 0.05) is 20.6 Å². The summed E-state index contributed by atoms with van der Waals surface area (Å²) in [6, 6.07) is 3.61. The predicted octanol–water partition coefficient (Wildman–Crippen LogP) is 5.46. The number of allylic oxidation sites excluding steroid dienone is 4. The number of rotatable bonds is 1. The lowest BCUT2D eigenvalue weighted by Crippen LogP contribution is -2.00. The van der Waals surface area contributed by atoms with E-state index in [-0.39, 0.29) is 10.6 Å². The van der Waals surface area contributed by atoms with Crippen molar-refractivity contribution < 1.29 is 4.92 Å². The molecule has 0 heterocycles. The third-order valence-corrected chi connectivity index (χ3v) is 5.15. The van der Waals surface area contributed by atoms with Crippen LogP contribution >= 0.6 is 31.9 Å². The Labute approximate surface area is 135 Å². The first-order valence-corrected chi connectivity index (χ1v) is 8.05. The van der Waals surface area contributed by atoms with Crippen LogP contribution in [0.5, 0.6) is 0 Å². The SMILES string of the molecule is C/C1=C(Br)\C=C\CCc2cc([N+](=O)[O-])c(cc2Br)CC1. The van der Waals surface area contributed by atoms with E-state index in [1.54, 1.807) is 6.07 Å². The molecule has 3 rings (SSSR count). The summed E-state index contributed by atoms with van der Waals surface area (Å²) >= 11 is 7.09. The first kappa shape index (κ1) is 15.4. The minimum absolute atomic E-state index is 0.233. The number of nitrogens with zero attached hydrogens (tertiary/aromatic N) is 1. The van der Waals surface area contributed by atoms with Crippen molar-refractivity contribution in [3.63, 3.8) is 0 Å². The first-order chi connectivity index (χ1) is 9.49. The summed E-state index contributed by atoms with van der Waals surface area (Å²) in [5.41, 5.74) is 3.21. The molecule has 106 valence electrons. The van der Waals surface area contributed by atoms with Gasteiger partial charge in [-0.15, -0.1) is 0 Å². The summed E-state index contributed by atoms with van der Waals surface area (Å²) in [6.45, 7) is 2.05. The van der Waals surface area contributed by atoms with Crippen molar-refractivity contribution in [3.05, 3.63) is 60.1 Å². The van der Waals surface area contributed by atoms with Gasteiger partial charge in [0.2, 0.25) is 0 Å². The monoisotopic (exact) mass is 399 g/mol. The second kappa shape index (κ2) is 6.68. The Balaban J connectivity index is 2.48. The van der Waals surface area contributed by atoms with E-state index in [1.165, 1.54) is 5.57 Å². The number of benzene rings is 1. The zero-order chi connectivity index (χ0) is 14.7. The predicted molar refractivity (Wildman–Crippen MR) is 88.2 cm³/mol. The molecule has 2 aliphatic carbocycles. The number of aryl methyl sites for hydroxylation is 2. The Morgan fingerprint density at radius 3 is 2.60 bits per heavy atom. The Morgan fingerprint density at radius 1 is 1.15 bits per heavy atom. The van der Waals surface area contributed by atoms with Crippen LogP contribution < -0.4 is 0 Å². The van der Waals surface area contributed by atoms with Crippen molar-refractivity contribution in [1.82, 2.24) is 0 Å². The first-order valence-electron chi connectivity index (χ1n) is 6.46.